The van der Waals surface area contributed by atoms with Crippen molar-refractivity contribution in [2.75, 3.05) is 0 Å². The Morgan fingerprint density at radius 2 is 1.67 bits per heavy atom. The van der Waals surface area contributed by atoms with Crippen LogP contribution in [0, 0.1) is 0 Å². The van der Waals surface area contributed by atoms with Gasteiger partial charge in [-0.15, -0.1) is 25.3 Å². The summed E-state index contributed by atoms with van der Waals surface area (Å²) in [6.07, 6.45) is 0. The van der Waals surface area contributed by atoms with Crippen LogP contribution >= 0.6 is 25.3 Å². The minimum atomic E-state index is -0.833. The van der Waals surface area contributed by atoms with Gasteiger partial charge in [0.1, 0.15) is 0 Å². The number of rotatable bonds is 0. The lowest BCUT2D eigenvalue weighted by atomic mass is 10.4. The number of aliphatic carboxylic acids is 1. The molecule has 0 heterocycles. The van der Waals surface area contributed by atoms with Crippen molar-refractivity contribution in [3.05, 3.63) is 24.3 Å². The Labute approximate surface area is 82.4 Å². The van der Waals surface area contributed by atoms with E-state index in [1.165, 1.54) is 0 Å². The smallest absolute Gasteiger partial charge is 0.300 e. The molecule has 12 heavy (non-hydrogen) atoms. The molecule has 0 atom stereocenters. The summed E-state index contributed by atoms with van der Waals surface area (Å²) in [6, 6.07) is 7.66. The van der Waals surface area contributed by atoms with E-state index in [1.54, 1.807) is 0 Å². The lowest BCUT2D eigenvalue weighted by Gasteiger charge is -1.89. The predicted molar refractivity (Wildman–Crippen MR) is 54.3 cm³/mol. The largest absolute Gasteiger partial charge is 0.481 e. The Bertz CT molecular complexity index is 240. The molecule has 0 aliphatic heterocycles. The number of carboxylic acids is 1. The standard InChI is InChI=1S/C6H6S2.C2H4O2/c7-5-2-1-3-6(8)4-5;1-2(3)4/h1-4,7-8H;1H3,(H,3,4). The third-order valence-corrected chi connectivity index (χ3v) is 1.39. The summed E-state index contributed by atoms with van der Waals surface area (Å²) in [5.74, 6) is -0.833. The fourth-order valence-corrected chi connectivity index (χ4v) is 1.05. The second kappa shape index (κ2) is 5.97. The van der Waals surface area contributed by atoms with E-state index in [2.05, 4.69) is 25.3 Å². The van der Waals surface area contributed by atoms with Crippen molar-refractivity contribution in [3.63, 3.8) is 0 Å². The maximum Gasteiger partial charge on any atom is 0.300 e. The molecular formula is C8H10O2S2. The molecule has 4 heteroatoms. The van der Waals surface area contributed by atoms with Crippen LogP contribution in [0.15, 0.2) is 34.1 Å². The maximum atomic E-state index is 9.00. The number of hydrogen-bond donors (Lipinski definition) is 3. The van der Waals surface area contributed by atoms with Crippen LogP contribution in [-0.2, 0) is 4.79 Å². The minimum Gasteiger partial charge on any atom is -0.481 e. The Morgan fingerprint density at radius 1 is 1.33 bits per heavy atom. The molecule has 1 aromatic rings. The van der Waals surface area contributed by atoms with Crippen LogP contribution < -0.4 is 0 Å². The summed E-state index contributed by atoms with van der Waals surface area (Å²) in [6.45, 7) is 1.08. The average molecular weight is 202 g/mol. The molecule has 0 unspecified atom stereocenters. The first-order valence-electron chi connectivity index (χ1n) is 3.20. The van der Waals surface area contributed by atoms with Crippen molar-refractivity contribution in [3.8, 4) is 0 Å². The van der Waals surface area contributed by atoms with Gasteiger partial charge in [-0.2, -0.15) is 0 Å². The highest BCUT2D eigenvalue weighted by atomic mass is 32.1. The summed E-state index contributed by atoms with van der Waals surface area (Å²) in [5.41, 5.74) is 0. The maximum absolute atomic E-state index is 9.00. The Kier molecular flexibility index (Phi) is 5.66. The zero-order chi connectivity index (χ0) is 9.56. The summed E-state index contributed by atoms with van der Waals surface area (Å²) >= 11 is 8.21. The first kappa shape index (κ1) is 11.4. The highest BCUT2D eigenvalue weighted by Gasteiger charge is 1.82. The van der Waals surface area contributed by atoms with Gasteiger partial charge in [0, 0.05) is 16.7 Å². The molecule has 0 aliphatic rings. The summed E-state index contributed by atoms with van der Waals surface area (Å²) in [7, 11) is 0. The van der Waals surface area contributed by atoms with Crippen molar-refractivity contribution in [1.82, 2.24) is 0 Å². The molecular weight excluding hydrogens is 192 g/mol. The molecule has 1 rings (SSSR count). The summed E-state index contributed by atoms with van der Waals surface area (Å²) in [4.78, 5) is 10.9. The third kappa shape index (κ3) is 7.50. The second-order valence-corrected chi connectivity index (χ2v) is 3.07. The Hall–Kier alpha value is -0.610. The number of benzene rings is 1. The van der Waals surface area contributed by atoms with E-state index < -0.39 is 5.97 Å². The quantitative estimate of drug-likeness (QED) is 0.565. The molecule has 1 N–H and O–H groups in total. The van der Waals surface area contributed by atoms with Crippen LogP contribution in [0.3, 0.4) is 0 Å². The van der Waals surface area contributed by atoms with Crippen molar-refractivity contribution in [2.45, 2.75) is 16.7 Å². The van der Waals surface area contributed by atoms with Crippen molar-refractivity contribution >= 4 is 31.2 Å². The first-order valence-corrected chi connectivity index (χ1v) is 4.09. The van der Waals surface area contributed by atoms with E-state index in [4.69, 9.17) is 9.90 Å². The fourth-order valence-electron chi connectivity index (χ4n) is 0.493. The minimum absolute atomic E-state index is 0.833. The molecule has 0 aliphatic carbocycles. The van der Waals surface area contributed by atoms with Gasteiger partial charge in [0.05, 0.1) is 0 Å². The molecule has 0 saturated carbocycles. The molecule has 0 aromatic heterocycles. The van der Waals surface area contributed by atoms with E-state index in [-0.39, 0.29) is 0 Å². The molecule has 0 spiro atoms. The van der Waals surface area contributed by atoms with Crippen molar-refractivity contribution in [2.24, 2.45) is 0 Å². The third-order valence-electron chi connectivity index (χ3n) is 0.830. The van der Waals surface area contributed by atoms with Crippen molar-refractivity contribution < 1.29 is 9.90 Å². The van der Waals surface area contributed by atoms with Gasteiger partial charge in [0.15, 0.2) is 0 Å². The van der Waals surface area contributed by atoms with Gasteiger partial charge < -0.3 is 5.11 Å². The van der Waals surface area contributed by atoms with Gasteiger partial charge in [-0.25, -0.2) is 0 Å². The molecule has 0 saturated heterocycles. The van der Waals surface area contributed by atoms with Crippen LogP contribution in [0.1, 0.15) is 6.92 Å². The van der Waals surface area contributed by atoms with Crippen LogP contribution in [0.4, 0.5) is 0 Å². The SMILES string of the molecule is CC(=O)O.Sc1cccc(S)c1. The van der Waals surface area contributed by atoms with Gasteiger partial charge in [0.25, 0.3) is 5.97 Å². The van der Waals surface area contributed by atoms with Gasteiger partial charge in [-0.3, -0.25) is 4.79 Å². The summed E-state index contributed by atoms with van der Waals surface area (Å²) < 4.78 is 0. The van der Waals surface area contributed by atoms with E-state index in [9.17, 15) is 0 Å². The summed E-state index contributed by atoms with van der Waals surface area (Å²) in [5, 5.41) is 7.42. The van der Waals surface area contributed by atoms with Crippen LogP contribution in [0.2, 0.25) is 0 Å². The number of thiol groups is 2. The van der Waals surface area contributed by atoms with E-state index in [1.807, 2.05) is 24.3 Å². The zero-order valence-corrected chi connectivity index (χ0v) is 8.35. The first-order chi connectivity index (χ1) is 5.52. The number of hydrogen-bond acceptors (Lipinski definition) is 3. The van der Waals surface area contributed by atoms with Gasteiger partial charge in [-0.1, -0.05) is 6.07 Å². The average Bonchev–Trinajstić information content (AvgIpc) is 1.84. The normalized spacial score (nSPS) is 8.25. The Balaban J connectivity index is 0.000000261. The number of carbonyl (C=O) groups is 1. The molecule has 66 valence electrons. The van der Waals surface area contributed by atoms with Gasteiger partial charge in [0.2, 0.25) is 0 Å². The fraction of sp³-hybridized carbons (Fsp3) is 0.125. The predicted octanol–water partition coefficient (Wildman–Crippen LogP) is 2.35. The van der Waals surface area contributed by atoms with E-state index in [0.29, 0.717) is 0 Å². The molecule has 0 amide bonds. The molecule has 2 nitrogen and oxygen atoms in total. The topological polar surface area (TPSA) is 37.3 Å². The lowest BCUT2D eigenvalue weighted by molar-refractivity contribution is -0.134. The van der Waals surface area contributed by atoms with Crippen LogP contribution in [-0.4, -0.2) is 11.1 Å². The lowest BCUT2D eigenvalue weighted by Crippen LogP contribution is -1.78. The van der Waals surface area contributed by atoms with Crippen LogP contribution in [0.25, 0.3) is 0 Å². The zero-order valence-electron chi connectivity index (χ0n) is 6.56. The second-order valence-electron chi connectivity index (χ2n) is 2.04. The Morgan fingerprint density at radius 3 is 1.83 bits per heavy atom. The monoisotopic (exact) mass is 202 g/mol. The number of carboxylic acid groups (broad SMARTS) is 1. The van der Waals surface area contributed by atoms with Gasteiger partial charge >= 0.3 is 0 Å². The van der Waals surface area contributed by atoms with Crippen LogP contribution in [0.5, 0.6) is 0 Å². The molecule has 1 aromatic carbocycles. The van der Waals surface area contributed by atoms with E-state index >= 15 is 0 Å². The van der Waals surface area contributed by atoms with E-state index in [0.717, 1.165) is 16.7 Å². The molecule has 0 bridgehead atoms. The highest BCUT2D eigenvalue weighted by molar-refractivity contribution is 7.81. The van der Waals surface area contributed by atoms with Crippen molar-refractivity contribution in [1.29, 1.82) is 0 Å². The highest BCUT2D eigenvalue weighted by Crippen LogP contribution is 2.10. The van der Waals surface area contributed by atoms with Gasteiger partial charge in [-0.05, 0) is 18.2 Å². The molecule has 0 radical (unpaired) electrons. The molecule has 0 fully saturated rings.